The van der Waals surface area contributed by atoms with Crippen molar-refractivity contribution in [3.63, 3.8) is 0 Å². The molecule has 92 valence electrons. The number of oxazole rings is 1. The van der Waals surface area contributed by atoms with Crippen LogP contribution in [-0.2, 0) is 11.2 Å². The van der Waals surface area contributed by atoms with Crippen molar-refractivity contribution >= 4 is 16.8 Å². The highest BCUT2D eigenvalue weighted by Crippen LogP contribution is 2.28. The molecule has 0 saturated carbocycles. The topological polar surface area (TPSA) is 61.3 Å². The molecule has 0 aliphatic rings. The van der Waals surface area contributed by atoms with Crippen molar-refractivity contribution in [2.75, 3.05) is 19.5 Å². The minimum absolute atomic E-state index is 0.365. The summed E-state index contributed by atoms with van der Waals surface area (Å²) in [5.41, 5.74) is 9.38. The van der Waals surface area contributed by atoms with Crippen molar-refractivity contribution in [3.8, 4) is 0 Å². The highest BCUT2D eigenvalue weighted by molar-refractivity contribution is 5.81. The van der Waals surface area contributed by atoms with E-state index >= 15 is 0 Å². The number of hydrogen-bond donors (Lipinski definition) is 1. The first-order chi connectivity index (χ1) is 8.11. The molecule has 0 saturated heterocycles. The number of anilines is 1. The Morgan fingerprint density at radius 1 is 1.41 bits per heavy atom. The lowest BCUT2D eigenvalue weighted by atomic mass is 10.0. The lowest BCUT2D eigenvalue weighted by Crippen LogP contribution is -1.93. The minimum Gasteiger partial charge on any atom is -0.440 e. The summed E-state index contributed by atoms with van der Waals surface area (Å²) in [5, 5.41) is 0. The number of ether oxygens (including phenoxy) is 1. The van der Waals surface area contributed by atoms with Crippen LogP contribution in [0.5, 0.6) is 0 Å². The molecule has 2 aromatic rings. The number of methoxy groups -OCH3 is 1. The van der Waals surface area contributed by atoms with Crippen LogP contribution in [0.3, 0.4) is 0 Å². The largest absolute Gasteiger partial charge is 0.440 e. The lowest BCUT2D eigenvalue weighted by molar-refractivity contribution is 0.196. The molecule has 0 fully saturated rings. The van der Waals surface area contributed by atoms with Crippen molar-refractivity contribution in [1.82, 2.24) is 4.98 Å². The fourth-order valence-electron chi connectivity index (χ4n) is 1.85. The van der Waals surface area contributed by atoms with Crippen LogP contribution >= 0.6 is 0 Å². The van der Waals surface area contributed by atoms with E-state index in [4.69, 9.17) is 14.9 Å². The quantitative estimate of drug-likeness (QED) is 0.826. The number of fused-ring (bicyclic) bond motifs is 1. The van der Waals surface area contributed by atoms with Gasteiger partial charge in [0.15, 0.2) is 11.5 Å². The summed E-state index contributed by atoms with van der Waals surface area (Å²) in [6.45, 7) is 4.84. The molecule has 1 heterocycles. The van der Waals surface area contributed by atoms with Crippen LogP contribution in [0.4, 0.5) is 5.69 Å². The molecular formula is C13H18N2O2. The van der Waals surface area contributed by atoms with Crippen molar-refractivity contribution in [1.29, 1.82) is 0 Å². The summed E-state index contributed by atoms with van der Waals surface area (Å²) in [6.07, 6.45) is 0.683. The SMILES string of the molecule is COCCc1nc2cc(N)cc(C(C)C)c2o1. The van der Waals surface area contributed by atoms with Gasteiger partial charge in [0, 0.05) is 24.8 Å². The molecule has 0 radical (unpaired) electrons. The number of nitrogen functional groups attached to an aromatic ring is 1. The molecule has 1 aromatic heterocycles. The molecule has 2 N–H and O–H groups in total. The van der Waals surface area contributed by atoms with Crippen molar-refractivity contribution in [2.24, 2.45) is 0 Å². The van der Waals surface area contributed by atoms with E-state index in [1.807, 2.05) is 12.1 Å². The maximum atomic E-state index is 5.87. The minimum atomic E-state index is 0.365. The number of nitrogens with two attached hydrogens (primary N) is 1. The van der Waals surface area contributed by atoms with Gasteiger partial charge in [-0.15, -0.1) is 0 Å². The fraction of sp³-hybridized carbons (Fsp3) is 0.462. The summed E-state index contributed by atoms with van der Waals surface area (Å²) < 4.78 is 10.8. The molecule has 4 nitrogen and oxygen atoms in total. The standard InChI is InChI=1S/C13H18N2O2/c1-8(2)10-6-9(14)7-11-13(10)17-12(15-11)4-5-16-3/h6-8H,4-5,14H2,1-3H3. The summed E-state index contributed by atoms with van der Waals surface area (Å²) in [6, 6.07) is 3.80. The van der Waals surface area contributed by atoms with Crippen LogP contribution < -0.4 is 5.73 Å². The van der Waals surface area contributed by atoms with E-state index < -0.39 is 0 Å². The first kappa shape index (κ1) is 11.9. The third kappa shape index (κ3) is 2.42. The maximum Gasteiger partial charge on any atom is 0.197 e. The van der Waals surface area contributed by atoms with Crippen LogP contribution in [0.15, 0.2) is 16.5 Å². The van der Waals surface area contributed by atoms with Crippen LogP contribution in [0, 0.1) is 0 Å². The molecule has 0 spiro atoms. The van der Waals surface area contributed by atoms with E-state index in [1.165, 1.54) is 0 Å². The van der Waals surface area contributed by atoms with Crippen LogP contribution in [0.1, 0.15) is 31.2 Å². The highest BCUT2D eigenvalue weighted by Gasteiger charge is 2.13. The second kappa shape index (κ2) is 4.75. The Balaban J connectivity index is 2.47. The van der Waals surface area contributed by atoms with E-state index in [0.717, 1.165) is 22.4 Å². The van der Waals surface area contributed by atoms with Crippen LogP contribution in [0.25, 0.3) is 11.1 Å². The summed E-state index contributed by atoms with van der Waals surface area (Å²) in [7, 11) is 1.67. The van der Waals surface area contributed by atoms with Gasteiger partial charge in [-0.1, -0.05) is 13.8 Å². The monoisotopic (exact) mass is 234 g/mol. The molecule has 17 heavy (non-hydrogen) atoms. The molecule has 0 aliphatic heterocycles. The van der Waals surface area contributed by atoms with Crippen LogP contribution in [0.2, 0.25) is 0 Å². The normalized spacial score (nSPS) is 11.5. The first-order valence-corrected chi connectivity index (χ1v) is 5.79. The summed E-state index contributed by atoms with van der Waals surface area (Å²) in [4.78, 5) is 4.43. The second-order valence-electron chi connectivity index (χ2n) is 4.46. The van der Waals surface area contributed by atoms with Gasteiger partial charge in [0.25, 0.3) is 0 Å². The van der Waals surface area contributed by atoms with Crippen LogP contribution in [-0.4, -0.2) is 18.7 Å². The number of hydrogen-bond acceptors (Lipinski definition) is 4. The molecule has 0 atom stereocenters. The summed E-state index contributed by atoms with van der Waals surface area (Å²) >= 11 is 0. The van der Waals surface area contributed by atoms with Crippen molar-refractivity contribution in [2.45, 2.75) is 26.2 Å². The van der Waals surface area contributed by atoms with Gasteiger partial charge in [-0.2, -0.15) is 0 Å². The zero-order valence-corrected chi connectivity index (χ0v) is 10.5. The average molecular weight is 234 g/mol. The van der Waals surface area contributed by atoms with Gasteiger partial charge in [-0.05, 0) is 18.1 Å². The molecule has 0 aliphatic carbocycles. The summed E-state index contributed by atoms with van der Waals surface area (Å²) in [5.74, 6) is 1.07. The molecule has 0 unspecified atom stereocenters. The van der Waals surface area contributed by atoms with Gasteiger partial charge < -0.3 is 14.9 Å². The van der Waals surface area contributed by atoms with E-state index in [2.05, 4.69) is 18.8 Å². The Hall–Kier alpha value is -1.55. The van der Waals surface area contributed by atoms with Gasteiger partial charge >= 0.3 is 0 Å². The molecule has 2 rings (SSSR count). The van der Waals surface area contributed by atoms with Gasteiger partial charge in [-0.25, -0.2) is 4.98 Å². The molecule has 4 heteroatoms. The molecule has 0 bridgehead atoms. The Labute approximate surface area is 101 Å². The number of benzene rings is 1. The zero-order chi connectivity index (χ0) is 12.4. The highest BCUT2D eigenvalue weighted by atomic mass is 16.5. The first-order valence-electron chi connectivity index (χ1n) is 5.79. The van der Waals surface area contributed by atoms with E-state index in [-0.39, 0.29) is 0 Å². The molecule has 0 amide bonds. The van der Waals surface area contributed by atoms with E-state index in [1.54, 1.807) is 7.11 Å². The van der Waals surface area contributed by atoms with E-state index in [0.29, 0.717) is 24.8 Å². The third-order valence-corrected chi connectivity index (χ3v) is 2.73. The van der Waals surface area contributed by atoms with E-state index in [9.17, 15) is 0 Å². The number of rotatable bonds is 4. The Morgan fingerprint density at radius 2 is 2.18 bits per heavy atom. The molecule has 1 aromatic carbocycles. The third-order valence-electron chi connectivity index (χ3n) is 2.73. The second-order valence-corrected chi connectivity index (χ2v) is 4.46. The lowest BCUT2D eigenvalue weighted by Gasteiger charge is -2.06. The van der Waals surface area contributed by atoms with Gasteiger partial charge in [-0.3, -0.25) is 0 Å². The Morgan fingerprint density at radius 3 is 2.82 bits per heavy atom. The zero-order valence-electron chi connectivity index (χ0n) is 10.5. The van der Waals surface area contributed by atoms with Gasteiger partial charge in [0.2, 0.25) is 0 Å². The van der Waals surface area contributed by atoms with Gasteiger partial charge in [0.1, 0.15) is 5.52 Å². The van der Waals surface area contributed by atoms with Crippen molar-refractivity contribution < 1.29 is 9.15 Å². The number of nitrogens with zero attached hydrogens (tertiary/aromatic N) is 1. The fourth-order valence-corrected chi connectivity index (χ4v) is 1.85. The Kier molecular flexibility index (Phi) is 3.33. The number of aromatic nitrogens is 1. The van der Waals surface area contributed by atoms with Crippen molar-refractivity contribution in [3.05, 3.63) is 23.6 Å². The maximum absolute atomic E-state index is 5.87. The predicted molar refractivity (Wildman–Crippen MR) is 68.1 cm³/mol. The average Bonchev–Trinajstić information content (AvgIpc) is 2.67. The predicted octanol–water partition coefficient (Wildman–Crippen LogP) is 2.72. The van der Waals surface area contributed by atoms with Gasteiger partial charge in [0.05, 0.1) is 6.61 Å². The smallest absolute Gasteiger partial charge is 0.197 e. The Bertz CT molecular complexity index is 517. The molecular weight excluding hydrogens is 216 g/mol.